The Morgan fingerprint density at radius 2 is 1.81 bits per heavy atom. The van der Waals surface area contributed by atoms with Gasteiger partial charge in [-0.3, -0.25) is 4.90 Å². The van der Waals surface area contributed by atoms with Crippen molar-refractivity contribution >= 4 is 0 Å². The normalized spacial score (nSPS) is 24.6. The highest BCUT2D eigenvalue weighted by Crippen LogP contribution is 2.13. The monoisotopic (exact) mass is 230 g/mol. The number of nitrogens with one attached hydrogen (secondary N) is 1. The van der Waals surface area contributed by atoms with Crippen LogP contribution in [0.2, 0.25) is 0 Å². The molecule has 16 heavy (non-hydrogen) atoms. The van der Waals surface area contributed by atoms with Gasteiger partial charge >= 0.3 is 0 Å². The van der Waals surface area contributed by atoms with Crippen LogP contribution in [0.5, 0.6) is 0 Å². The summed E-state index contributed by atoms with van der Waals surface area (Å²) in [6.45, 7) is 8.92. The van der Waals surface area contributed by atoms with E-state index in [-0.39, 0.29) is 12.3 Å². The van der Waals surface area contributed by atoms with Gasteiger partial charge in [-0.05, 0) is 33.7 Å². The van der Waals surface area contributed by atoms with E-state index >= 15 is 0 Å². The molecule has 1 aliphatic rings. The molecule has 0 spiro atoms. The number of hydrogen-bond donors (Lipinski definition) is 1. The number of methoxy groups -OCH3 is 2. The Bertz CT molecular complexity index is 195. The number of ether oxygens (including phenoxy) is 2. The fraction of sp³-hybridized carbons (Fsp3) is 1.00. The van der Waals surface area contributed by atoms with Crippen LogP contribution >= 0.6 is 0 Å². The third-order valence-electron chi connectivity index (χ3n) is 3.32. The van der Waals surface area contributed by atoms with Crippen LogP contribution in [0, 0.1) is 0 Å². The van der Waals surface area contributed by atoms with Crippen LogP contribution in [0.4, 0.5) is 0 Å². The Kier molecular flexibility index (Phi) is 5.69. The molecule has 0 aliphatic carbocycles. The molecule has 4 heteroatoms. The van der Waals surface area contributed by atoms with E-state index in [2.05, 4.69) is 31.0 Å². The smallest absolute Gasteiger partial charge is 0.171 e. The molecule has 0 bridgehead atoms. The molecule has 2 atom stereocenters. The second-order valence-corrected chi connectivity index (χ2v) is 4.87. The van der Waals surface area contributed by atoms with Crippen molar-refractivity contribution in [1.29, 1.82) is 0 Å². The lowest BCUT2D eigenvalue weighted by molar-refractivity contribution is -0.120. The molecule has 1 N–H and O–H groups in total. The van der Waals surface area contributed by atoms with Crippen LogP contribution in [-0.4, -0.2) is 56.6 Å². The highest BCUT2D eigenvalue weighted by Gasteiger charge is 2.27. The lowest BCUT2D eigenvalue weighted by atomic mass is 10.2. The topological polar surface area (TPSA) is 33.7 Å². The van der Waals surface area contributed by atoms with Crippen LogP contribution in [0.15, 0.2) is 0 Å². The zero-order valence-corrected chi connectivity index (χ0v) is 11.2. The lowest BCUT2D eigenvalue weighted by Crippen LogP contribution is -2.46. The number of nitrogens with zero attached hydrogens (tertiary/aromatic N) is 1. The molecule has 0 saturated carbocycles. The summed E-state index contributed by atoms with van der Waals surface area (Å²) in [7, 11) is 3.36. The molecular weight excluding hydrogens is 204 g/mol. The zero-order valence-electron chi connectivity index (χ0n) is 11.2. The third kappa shape index (κ3) is 3.70. The minimum Gasteiger partial charge on any atom is -0.354 e. The van der Waals surface area contributed by atoms with Gasteiger partial charge in [-0.25, -0.2) is 0 Å². The standard InChI is InChI=1S/C12H26N2O2/c1-9(2)14-7-6-11(8-14)13-10(3)12(15-4)16-5/h9-13H,6-8H2,1-5H3. The Labute approximate surface area is 99.3 Å². The summed E-state index contributed by atoms with van der Waals surface area (Å²) in [5, 5.41) is 3.57. The average molecular weight is 230 g/mol. The lowest BCUT2D eigenvalue weighted by Gasteiger charge is -2.26. The molecule has 0 amide bonds. The fourth-order valence-corrected chi connectivity index (χ4v) is 2.35. The predicted molar refractivity (Wildman–Crippen MR) is 65.5 cm³/mol. The van der Waals surface area contributed by atoms with Crippen LogP contribution in [0.25, 0.3) is 0 Å². The maximum Gasteiger partial charge on any atom is 0.171 e. The number of rotatable bonds is 6. The van der Waals surface area contributed by atoms with Crippen molar-refractivity contribution in [2.45, 2.75) is 51.6 Å². The summed E-state index contributed by atoms with van der Waals surface area (Å²) in [5.74, 6) is 0. The van der Waals surface area contributed by atoms with Crippen LogP contribution in [-0.2, 0) is 9.47 Å². The molecule has 0 aromatic carbocycles. The first-order valence-electron chi connectivity index (χ1n) is 6.14. The van der Waals surface area contributed by atoms with Gasteiger partial charge in [-0.15, -0.1) is 0 Å². The van der Waals surface area contributed by atoms with Gasteiger partial charge in [0.05, 0.1) is 6.04 Å². The first-order valence-corrected chi connectivity index (χ1v) is 6.14. The van der Waals surface area contributed by atoms with Gasteiger partial charge in [0.1, 0.15) is 0 Å². The van der Waals surface area contributed by atoms with Gasteiger partial charge in [-0.1, -0.05) is 0 Å². The molecule has 0 aromatic heterocycles. The van der Waals surface area contributed by atoms with E-state index in [0.717, 1.165) is 6.54 Å². The van der Waals surface area contributed by atoms with Crippen molar-refractivity contribution in [3.63, 3.8) is 0 Å². The Balaban J connectivity index is 2.33. The van der Waals surface area contributed by atoms with Crippen LogP contribution in [0.1, 0.15) is 27.2 Å². The van der Waals surface area contributed by atoms with Gasteiger partial charge in [0.2, 0.25) is 0 Å². The van der Waals surface area contributed by atoms with Gasteiger partial charge in [0, 0.05) is 32.8 Å². The second-order valence-electron chi connectivity index (χ2n) is 4.87. The highest BCUT2D eigenvalue weighted by atomic mass is 16.7. The number of hydrogen-bond acceptors (Lipinski definition) is 4. The number of likely N-dealkylation sites (tertiary alicyclic amines) is 1. The molecule has 4 nitrogen and oxygen atoms in total. The molecule has 96 valence electrons. The molecule has 1 fully saturated rings. The molecule has 2 unspecified atom stereocenters. The van der Waals surface area contributed by atoms with Crippen molar-refractivity contribution in [1.82, 2.24) is 10.2 Å². The second kappa shape index (κ2) is 6.55. The minimum atomic E-state index is -0.159. The zero-order chi connectivity index (χ0) is 12.1. The predicted octanol–water partition coefficient (Wildman–Crippen LogP) is 1.07. The third-order valence-corrected chi connectivity index (χ3v) is 3.32. The van der Waals surface area contributed by atoms with Crippen molar-refractivity contribution in [3.8, 4) is 0 Å². The van der Waals surface area contributed by atoms with Gasteiger partial charge in [0.15, 0.2) is 6.29 Å². The Morgan fingerprint density at radius 1 is 1.19 bits per heavy atom. The van der Waals surface area contributed by atoms with Gasteiger partial charge in [-0.2, -0.15) is 0 Å². The van der Waals surface area contributed by atoms with E-state index in [1.165, 1.54) is 13.0 Å². The minimum absolute atomic E-state index is 0.159. The summed E-state index contributed by atoms with van der Waals surface area (Å²) >= 11 is 0. The Morgan fingerprint density at radius 3 is 2.25 bits per heavy atom. The van der Waals surface area contributed by atoms with Crippen molar-refractivity contribution in [2.24, 2.45) is 0 Å². The van der Waals surface area contributed by atoms with E-state index < -0.39 is 0 Å². The SMILES string of the molecule is COC(OC)C(C)NC1CCN(C(C)C)C1. The van der Waals surface area contributed by atoms with E-state index in [1.807, 2.05) is 0 Å². The summed E-state index contributed by atoms with van der Waals surface area (Å²) < 4.78 is 10.5. The van der Waals surface area contributed by atoms with Crippen molar-refractivity contribution in [2.75, 3.05) is 27.3 Å². The van der Waals surface area contributed by atoms with Crippen LogP contribution < -0.4 is 5.32 Å². The molecule has 1 rings (SSSR count). The molecule has 1 heterocycles. The fourth-order valence-electron chi connectivity index (χ4n) is 2.35. The summed E-state index contributed by atoms with van der Waals surface area (Å²) in [6.07, 6.45) is 1.05. The van der Waals surface area contributed by atoms with Gasteiger partial charge in [0.25, 0.3) is 0 Å². The first-order chi connectivity index (χ1) is 7.58. The molecule has 1 saturated heterocycles. The average Bonchev–Trinajstić information content (AvgIpc) is 2.68. The quantitative estimate of drug-likeness (QED) is 0.692. The Hall–Kier alpha value is -0.160. The summed E-state index contributed by atoms with van der Waals surface area (Å²) in [5.41, 5.74) is 0. The van der Waals surface area contributed by atoms with E-state index in [4.69, 9.17) is 9.47 Å². The highest BCUT2D eigenvalue weighted by molar-refractivity contribution is 4.85. The van der Waals surface area contributed by atoms with E-state index in [0.29, 0.717) is 12.1 Å². The maximum absolute atomic E-state index is 5.25. The van der Waals surface area contributed by atoms with E-state index in [9.17, 15) is 0 Å². The summed E-state index contributed by atoms with van der Waals surface area (Å²) in [4.78, 5) is 2.50. The molecule has 0 radical (unpaired) electrons. The van der Waals surface area contributed by atoms with E-state index in [1.54, 1.807) is 14.2 Å². The molecule has 1 aliphatic heterocycles. The van der Waals surface area contributed by atoms with Crippen LogP contribution in [0.3, 0.4) is 0 Å². The molecular formula is C12H26N2O2. The first kappa shape index (κ1) is 13.9. The van der Waals surface area contributed by atoms with Crippen molar-refractivity contribution < 1.29 is 9.47 Å². The molecule has 0 aromatic rings. The van der Waals surface area contributed by atoms with Gasteiger partial charge < -0.3 is 14.8 Å². The largest absolute Gasteiger partial charge is 0.354 e. The maximum atomic E-state index is 5.25. The summed E-state index contributed by atoms with van der Waals surface area (Å²) in [6, 6.07) is 1.43. The van der Waals surface area contributed by atoms with Crippen molar-refractivity contribution in [3.05, 3.63) is 0 Å².